The average molecular weight is 330 g/mol. The summed E-state index contributed by atoms with van der Waals surface area (Å²) in [5.74, 6) is 0.996. The van der Waals surface area contributed by atoms with Crippen LogP contribution >= 0.6 is 0 Å². The number of rotatable bonds is 5. The lowest BCUT2D eigenvalue weighted by Gasteiger charge is -2.17. The number of amides is 1. The van der Waals surface area contributed by atoms with E-state index in [9.17, 15) is 9.18 Å². The van der Waals surface area contributed by atoms with Gasteiger partial charge in [-0.05, 0) is 44.0 Å². The Balaban J connectivity index is 1.61. The minimum atomic E-state index is -0.735. The first-order chi connectivity index (χ1) is 11.6. The number of hydrogen-bond acceptors (Lipinski definition) is 5. The molecule has 1 amide bonds. The van der Waals surface area contributed by atoms with Crippen molar-refractivity contribution in [2.24, 2.45) is 0 Å². The van der Waals surface area contributed by atoms with Gasteiger partial charge in [0.2, 0.25) is 0 Å². The Hall–Kier alpha value is -2.70. The summed E-state index contributed by atoms with van der Waals surface area (Å²) in [6.07, 6.45) is 3.00. The molecule has 2 aromatic rings. The molecule has 0 saturated carbocycles. The maximum absolute atomic E-state index is 12.9. The predicted molar refractivity (Wildman–Crippen MR) is 88.6 cm³/mol. The van der Waals surface area contributed by atoms with Gasteiger partial charge in [0, 0.05) is 19.2 Å². The summed E-state index contributed by atoms with van der Waals surface area (Å²) in [4.78, 5) is 22.7. The van der Waals surface area contributed by atoms with Crippen LogP contribution in [-0.4, -0.2) is 35.1 Å². The Bertz CT molecular complexity index is 702. The van der Waals surface area contributed by atoms with Crippen LogP contribution in [-0.2, 0) is 4.79 Å². The molecule has 1 aromatic heterocycles. The van der Waals surface area contributed by atoms with Crippen LogP contribution in [0, 0.1) is 5.82 Å². The minimum absolute atomic E-state index is 0.328. The molecule has 0 radical (unpaired) electrons. The first-order valence-corrected chi connectivity index (χ1v) is 7.92. The Morgan fingerprint density at radius 2 is 1.96 bits per heavy atom. The van der Waals surface area contributed by atoms with E-state index in [-0.39, 0.29) is 11.7 Å². The maximum Gasteiger partial charge on any atom is 0.266 e. The Labute approximate surface area is 139 Å². The van der Waals surface area contributed by atoms with Crippen LogP contribution in [0.1, 0.15) is 19.8 Å². The van der Waals surface area contributed by atoms with Crippen molar-refractivity contribution in [3.8, 4) is 5.75 Å². The molecule has 24 heavy (non-hydrogen) atoms. The van der Waals surface area contributed by atoms with Crippen molar-refractivity contribution in [2.45, 2.75) is 25.9 Å². The zero-order valence-corrected chi connectivity index (χ0v) is 13.4. The van der Waals surface area contributed by atoms with Gasteiger partial charge in [-0.2, -0.15) is 0 Å². The van der Waals surface area contributed by atoms with Gasteiger partial charge in [-0.3, -0.25) is 4.79 Å². The number of nitrogens with zero attached hydrogens (tertiary/aromatic N) is 3. The Morgan fingerprint density at radius 1 is 1.25 bits per heavy atom. The summed E-state index contributed by atoms with van der Waals surface area (Å²) in [5, 5.41) is 2.72. The smallest absolute Gasteiger partial charge is 0.266 e. The number of aromatic nitrogens is 2. The minimum Gasteiger partial charge on any atom is -0.481 e. The van der Waals surface area contributed by atoms with Crippen LogP contribution < -0.4 is 15.0 Å². The van der Waals surface area contributed by atoms with E-state index in [0.717, 1.165) is 31.7 Å². The number of anilines is 2. The summed E-state index contributed by atoms with van der Waals surface area (Å²) in [6, 6.07) is 7.29. The zero-order chi connectivity index (χ0) is 16.9. The highest BCUT2D eigenvalue weighted by molar-refractivity contribution is 5.93. The van der Waals surface area contributed by atoms with E-state index in [1.54, 1.807) is 13.0 Å². The molecule has 1 fully saturated rings. The second kappa shape index (κ2) is 7.25. The molecule has 1 atom stereocenters. The number of hydrogen-bond donors (Lipinski definition) is 1. The van der Waals surface area contributed by atoms with Crippen molar-refractivity contribution in [1.82, 2.24) is 9.97 Å². The molecule has 3 rings (SSSR count). The first kappa shape index (κ1) is 16.2. The van der Waals surface area contributed by atoms with Gasteiger partial charge in [0.25, 0.3) is 5.91 Å². The van der Waals surface area contributed by atoms with Crippen LogP contribution in [0.2, 0.25) is 0 Å². The van der Waals surface area contributed by atoms with Crippen molar-refractivity contribution < 1.29 is 13.9 Å². The van der Waals surface area contributed by atoms with Crippen LogP contribution in [0.4, 0.5) is 16.0 Å². The third kappa shape index (κ3) is 3.98. The Kier molecular flexibility index (Phi) is 4.88. The zero-order valence-electron chi connectivity index (χ0n) is 13.4. The van der Waals surface area contributed by atoms with E-state index < -0.39 is 6.10 Å². The molecular weight excluding hydrogens is 311 g/mol. The molecule has 6 nitrogen and oxygen atoms in total. The summed E-state index contributed by atoms with van der Waals surface area (Å²) in [7, 11) is 0. The molecule has 1 saturated heterocycles. The molecule has 1 unspecified atom stereocenters. The number of ether oxygens (including phenoxy) is 1. The van der Waals surface area contributed by atoms with E-state index in [0.29, 0.717) is 11.6 Å². The maximum atomic E-state index is 12.9. The highest BCUT2D eigenvalue weighted by atomic mass is 19.1. The molecular formula is C17H19FN4O2. The molecule has 126 valence electrons. The SMILES string of the molecule is CC(Oc1ccc(F)cc1)C(=O)Nc1cc(N2CCCC2)ncn1. The first-order valence-electron chi connectivity index (χ1n) is 7.92. The van der Waals surface area contributed by atoms with Crippen molar-refractivity contribution in [3.63, 3.8) is 0 Å². The quantitative estimate of drug-likeness (QED) is 0.913. The lowest BCUT2D eigenvalue weighted by atomic mass is 10.3. The monoisotopic (exact) mass is 330 g/mol. The number of carbonyl (C=O) groups excluding carboxylic acids is 1. The van der Waals surface area contributed by atoms with Gasteiger partial charge in [-0.15, -0.1) is 0 Å². The van der Waals surface area contributed by atoms with Gasteiger partial charge in [0.05, 0.1) is 0 Å². The molecule has 1 N–H and O–H groups in total. The highest BCUT2D eigenvalue weighted by Crippen LogP contribution is 2.19. The fraction of sp³-hybridized carbons (Fsp3) is 0.353. The standard InChI is InChI=1S/C17H19FN4O2/c1-12(24-14-6-4-13(18)5-7-14)17(23)21-15-10-16(20-11-19-15)22-8-2-3-9-22/h4-7,10-12H,2-3,8-9H2,1H3,(H,19,20,21,23). The fourth-order valence-electron chi connectivity index (χ4n) is 2.53. The summed E-state index contributed by atoms with van der Waals surface area (Å²) in [6.45, 7) is 3.56. The third-order valence-electron chi connectivity index (χ3n) is 3.83. The van der Waals surface area contributed by atoms with Crippen LogP contribution in [0.3, 0.4) is 0 Å². The summed E-state index contributed by atoms with van der Waals surface area (Å²) >= 11 is 0. The van der Waals surface area contributed by atoms with Gasteiger partial charge < -0.3 is 15.0 Å². The number of halogens is 1. The lowest BCUT2D eigenvalue weighted by Crippen LogP contribution is -2.30. The van der Waals surface area contributed by atoms with Crippen molar-refractivity contribution in [3.05, 3.63) is 42.5 Å². The number of carbonyl (C=O) groups is 1. The molecule has 0 spiro atoms. The average Bonchev–Trinajstić information content (AvgIpc) is 3.12. The van der Waals surface area contributed by atoms with E-state index in [1.807, 2.05) is 0 Å². The van der Waals surface area contributed by atoms with E-state index >= 15 is 0 Å². The Morgan fingerprint density at radius 3 is 2.67 bits per heavy atom. The van der Waals surface area contributed by atoms with Crippen molar-refractivity contribution in [2.75, 3.05) is 23.3 Å². The molecule has 7 heteroatoms. The fourth-order valence-corrected chi connectivity index (χ4v) is 2.53. The molecule has 1 aliphatic rings. The van der Waals surface area contributed by atoms with Gasteiger partial charge in [-0.25, -0.2) is 14.4 Å². The molecule has 1 aliphatic heterocycles. The molecule has 1 aromatic carbocycles. The summed E-state index contributed by atoms with van der Waals surface area (Å²) < 4.78 is 18.4. The molecule has 0 bridgehead atoms. The van der Waals surface area contributed by atoms with Gasteiger partial charge in [0.15, 0.2) is 6.10 Å². The van der Waals surface area contributed by atoms with Crippen LogP contribution in [0.5, 0.6) is 5.75 Å². The van der Waals surface area contributed by atoms with E-state index in [2.05, 4.69) is 20.2 Å². The number of benzene rings is 1. The summed E-state index contributed by atoms with van der Waals surface area (Å²) in [5.41, 5.74) is 0. The highest BCUT2D eigenvalue weighted by Gasteiger charge is 2.18. The molecule has 2 heterocycles. The normalized spacial score (nSPS) is 15.2. The van der Waals surface area contributed by atoms with E-state index in [4.69, 9.17) is 4.74 Å². The third-order valence-corrected chi connectivity index (χ3v) is 3.83. The second-order valence-corrected chi connectivity index (χ2v) is 5.66. The van der Waals surface area contributed by atoms with Crippen molar-refractivity contribution in [1.29, 1.82) is 0 Å². The van der Waals surface area contributed by atoms with Gasteiger partial charge in [0.1, 0.15) is 29.5 Å². The lowest BCUT2D eigenvalue weighted by molar-refractivity contribution is -0.122. The van der Waals surface area contributed by atoms with Crippen LogP contribution in [0.15, 0.2) is 36.7 Å². The van der Waals surface area contributed by atoms with E-state index in [1.165, 1.54) is 30.6 Å². The van der Waals surface area contributed by atoms with Crippen molar-refractivity contribution >= 4 is 17.5 Å². The molecule has 0 aliphatic carbocycles. The predicted octanol–water partition coefficient (Wildman–Crippen LogP) is 2.62. The number of nitrogens with one attached hydrogen (secondary N) is 1. The van der Waals surface area contributed by atoms with Gasteiger partial charge in [-0.1, -0.05) is 0 Å². The van der Waals surface area contributed by atoms with Crippen LogP contribution in [0.25, 0.3) is 0 Å². The van der Waals surface area contributed by atoms with Gasteiger partial charge >= 0.3 is 0 Å². The largest absolute Gasteiger partial charge is 0.481 e. The topological polar surface area (TPSA) is 67.3 Å². The second-order valence-electron chi connectivity index (χ2n) is 5.66.